The van der Waals surface area contributed by atoms with E-state index in [0.29, 0.717) is 5.69 Å². The molecule has 1 amide bonds. The number of rotatable bonds is 6. The van der Waals surface area contributed by atoms with Crippen molar-refractivity contribution in [3.63, 3.8) is 0 Å². The van der Waals surface area contributed by atoms with Crippen LogP contribution in [0, 0.1) is 0 Å². The molecule has 9 heteroatoms. The maximum Gasteiger partial charge on any atom is 0.255 e. The highest BCUT2D eigenvalue weighted by Gasteiger charge is 2.28. The lowest BCUT2D eigenvalue weighted by Gasteiger charge is -2.09. The molecule has 7 nitrogen and oxygen atoms in total. The van der Waals surface area contributed by atoms with Crippen molar-refractivity contribution < 1.29 is 13.2 Å². The van der Waals surface area contributed by atoms with Gasteiger partial charge in [0.1, 0.15) is 5.69 Å². The molecule has 1 saturated carbocycles. The number of sulfonamides is 1. The van der Waals surface area contributed by atoms with E-state index in [1.54, 1.807) is 24.3 Å². The predicted octanol–water partition coefficient (Wildman–Crippen LogP) is 2.90. The third kappa shape index (κ3) is 4.21. The quantitative estimate of drug-likeness (QED) is 0.663. The minimum atomic E-state index is -3.60. The molecule has 0 saturated heterocycles. The van der Waals surface area contributed by atoms with Gasteiger partial charge in [0.15, 0.2) is 0 Å². The zero-order valence-electron chi connectivity index (χ0n) is 14.1. The van der Waals surface area contributed by atoms with Gasteiger partial charge >= 0.3 is 0 Å². The molecule has 1 aliphatic rings. The van der Waals surface area contributed by atoms with Gasteiger partial charge in [-0.05, 0) is 54.7 Å². The molecule has 0 atom stereocenters. The number of benzene rings is 2. The lowest BCUT2D eigenvalue weighted by Crippen LogP contribution is -2.26. The van der Waals surface area contributed by atoms with E-state index >= 15 is 0 Å². The molecule has 0 bridgehead atoms. The number of nitrogens with zero attached hydrogens (tertiary/aromatic N) is 2. The van der Waals surface area contributed by atoms with Gasteiger partial charge in [-0.1, -0.05) is 22.7 Å². The van der Waals surface area contributed by atoms with Crippen LogP contribution in [0.3, 0.4) is 0 Å². The van der Waals surface area contributed by atoms with Crippen molar-refractivity contribution in [2.45, 2.75) is 23.8 Å². The smallest absolute Gasteiger partial charge is 0.255 e. The fourth-order valence-electron chi connectivity index (χ4n) is 2.51. The molecule has 0 radical (unpaired) electrons. The molecule has 1 aromatic heterocycles. The number of hydrogen-bond donors (Lipinski definition) is 2. The normalized spacial score (nSPS) is 14.1. The largest absolute Gasteiger partial charge is 0.322 e. The van der Waals surface area contributed by atoms with Crippen LogP contribution in [0.15, 0.2) is 58.8 Å². The van der Waals surface area contributed by atoms with Crippen LogP contribution in [-0.4, -0.2) is 30.0 Å². The summed E-state index contributed by atoms with van der Waals surface area (Å²) in [6.45, 7) is 0. The van der Waals surface area contributed by atoms with E-state index < -0.39 is 10.0 Å². The van der Waals surface area contributed by atoms with Crippen molar-refractivity contribution in [1.29, 1.82) is 0 Å². The summed E-state index contributed by atoms with van der Waals surface area (Å²) in [4.78, 5) is 12.6. The average Bonchev–Trinajstić information content (AvgIpc) is 3.30. The highest BCUT2D eigenvalue weighted by molar-refractivity contribution is 7.89. The van der Waals surface area contributed by atoms with Gasteiger partial charge < -0.3 is 5.32 Å². The molecule has 3 aromatic rings. The van der Waals surface area contributed by atoms with Gasteiger partial charge in [0, 0.05) is 28.2 Å². The lowest BCUT2D eigenvalue weighted by atomic mass is 10.1. The van der Waals surface area contributed by atoms with E-state index in [4.69, 9.17) is 0 Å². The number of carbonyl (C=O) groups excluding carboxylic acids is 1. The Morgan fingerprint density at radius 3 is 2.56 bits per heavy atom. The van der Waals surface area contributed by atoms with Crippen molar-refractivity contribution in [3.05, 3.63) is 59.5 Å². The molecule has 2 aromatic carbocycles. The summed E-state index contributed by atoms with van der Waals surface area (Å²) in [5, 5.41) is 8.62. The molecule has 27 heavy (non-hydrogen) atoms. The Morgan fingerprint density at radius 2 is 1.89 bits per heavy atom. The van der Waals surface area contributed by atoms with Crippen LogP contribution in [0.25, 0.3) is 11.3 Å². The van der Waals surface area contributed by atoms with Crippen molar-refractivity contribution in [2.24, 2.45) is 0 Å². The highest BCUT2D eigenvalue weighted by atomic mass is 32.2. The fourth-order valence-corrected chi connectivity index (χ4v) is 4.33. The summed E-state index contributed by atoms with van der Waals surface area (Å²) in [5.74, 6) is -0.374. The number of anilines is 1. The Balaban J connectivity index is 1.49. The molecule has 1 aliphatic carbocycles. The summed E-state index contributed by atoms with van der Waals surface area (Å²) in [6.07, 6.45) is 1.71. The predicted molar refractivity (Wildman–Crippen MR) is 103 cm³/mol. The first kappa shape index (κ1) is 17.8. The molecule has 1 fully saturated rings. The zero-order chi connectivity index (χ0) is 18.9. The number of aromatic nitrogens is 2. The van der Waals surface area contributed by atoms with Crippen molar-refractivity contribution in [1.82, 2.24) is 14.3 Å². The molecular formula is C18H16N4O3S2. The second-order valence-corrected chi connectivity index (χ2v) is 8.57. The van der Waals surface area contributed by atoms with Gasteiger partial charge in [-0.25, -0.2) is 13.1 Å². The van der Waals surface area contributed by atoms with Gasteiger partial charge in [0.25, 0.3) is 5.91 Å². The van der Waals surface area contributed by atoms with E-state index in [0.717, 1.165) is 24.1 Å². The van der Waals surface area contributed by atoms with Crippen LogP contribution < -0.4 is 10.0 Å². The number of carbonyl (C=O) groups is 1. The van der Waals surface area contributed by atoms with Gasteiger partial charge in [-0.15, -0.1) is 5.10 Å². The van der Waals surface area contributed by atoms with Crippen LogP contribution >= 0.6 is 11.5 Å². The molecular weight excluding hydrogens is 384 g/mol. The molecule has 0 aliphatic heterocycles. The molecule has 1 heterocycles. The minimum absolute atomic E-state index is 0.0129. The SMILES string of the molecule is O=C(Nc1ccc(-c2csnn2)cc1)c1cccc(S(=O)(=O)NC2CC2)c1. The van der Waals surface area contributed by atoms with Gasteiger partial charge in [-0.2, -0.15) is 0 Å². The van der Waals surface area contributed by atoms with E-state index in [9.17, 15) is 13.2 Å². The molecule has 4 rings (SSSR count). The summed E-state index contributed by atoms with van der Waals surface area (Å²) in [6, 6.07) is 13.2. The van der Waals surface area contributed by atoms with Crippen LogP contribution in [0.2, 0.25) is 0 Å². The average molecular weight is 400 g/mol. The highest BCUT2D eigenvalue weighted by Crippen LogP contribution is 2.23. The van der Waals surface area contributed by atoms with E-state index in [1.807, 2.05) is 17.5 Å². The van der Waals surface area contributed by atoms with Gasteiger partial charge in [0.2, 0.25) is 10.0 Å². The second kappa shape index (κ2) is 7.18. The van der Waals surface area contributed by atoms with Crippen LogP contribution in [0.5, 0.6) is 0 Å². The number of nitrogens with one attached hydrogen (secondary N) is 2. The number of hydrogen-bond acceptors (Lipinski definition) is 6. The lowest BCUT2D eigenvalue weighted by molar-refractivity contribution is 0.102. The van der Waals surface area contributed by atoms with E-state index in [1.165, 1.54) is 23.7 Å². The zero-order valence-corrected chi connectivity index (χ0v) is 15.8. The first-order chi connectivity index (χ1) is 13.0. The fraction of sp³-hybridized carbons (Fsp3) is 0.167. The molecule has 138 valence electrons. The Kier molecular flexibility index (Phi) is 4.73. The Hall–Kier alpha value is -2.62. The Morgan fingerprint density at radius 1 is 1.11 bits per heavy atom. The van der Waals surface area contributed by atoms with Gasteiger partial charge in [0.05, 0.1) is 4.90 Å². The first-order valence-electron chi connectivity index (χ1n) is 8.32. The molecule has 0 unspecified atom stereocenters. The van der Waals surface area contributed by atoms with Crippen molar-refractivity contribution in [3.8, 4) is 11.3 Å². The van der Waals surface area contributed by atoms with Gasteiger partial charge in [-0.3, -0.25) is 4.79 Å². The van der Waals surface area contributed by atoms with Crippen molar-refractivity contribution >= 4 is 33.2 Å². The summed E-state index contributed by atoms with van der Waals surface area (Å²) in [7, 11) is -3.60. The monoisotopic (exact) mass is 400 g/mol. The minimum Gasteiger partial charge on any atom is -0.322 e. The maximum atomic E-state index is 12.5. The van der Waals surface area contributed by atoms with Crippen LogP contribution in [-0.2, 0) is 10.0 Å². The maximum absolute atomic E-state index is 12.5. The Labute approximate surface area is 160 Å². The third-order valence-corrected chi connectivity index (χ3v) is 6.13. The summed E-state index contributed by atoms with van der Waals surface area (Å²) in [5.41, 5.74) is 2.57. The third-order valence-electron chi connectivity index (χ3n) is 4.10. The van der Waals surface area contributed by atoms with Crippen LogP contribution in [0.4, 0.5) is 5.69 Å². The van der Waals surface area contributed by atoms with E-state index in [2.05, 4.69) is 19.6 Å². The van der Waals surface area contributed by atoms with E-state index in [-0.39, 0.29) is 22.4 Å². The number of amides is 1. The summed E-state index contributed by atoms with van der Waals surface area (Å²) >= 11 is 1.27. The second-order valence-electron chi connectivity index (χ2n) is 6.25. The first-order valence-corrected chi connectivity index (χ1v) is 10.6. The topological polar surface area (TPSA) is 101 Å². The standard InChI is InChI=1S/C18H16N4O3S2/c23-18(19-14-6-4-12(5-7-14)17-11-26-22-20-17)13-2-1-3-16(10-13)27(24,25)21-15-8-9-15/h1-7,10-11,15,21H,8-9H2,(H,19,23). The van der Waals surface area contributed by atoms with Crippen molar-refractivity contribution in [2.75, 3.05) is 5.32 Å². The van der Waals surface area contributed by atoms with Crippen LogP contribution in [0.1, 0.15) is 23.2 Å². The molecule has 0 spiro atoms. The molecule has 2 N–H and O–H groups in total. The Bertz CT molecular complexity index is 1060. The summed E-state index contributed by atoms with van der Waals surface area (Å²) < 4.78 is 31.1.